The van der Waals surface area contributed by atoms with Crippen molar-refractivity contribution in [3.63, 3.8) is 0 Å². The van der Waals surface area contributed by atoms with Crippen LogP contribution in [0.4, 0.5) is 10.9 Å². The smallest absolute Gasteiger partial charge is 0.259 e. The Bertz CT molecular complexity index is 940. The highest BCUT2D eigenvalue weighted by Gasteiger charge is 2.23. The summed E-state index contributed by atoms with van der Waals surface area (Å²) in [6.07, 6.45) is 1.62. The quantitative estimate of drug-likeness (QED) is 0.700. The fraction of sp³-hybridized carbons (Fsp3) is 0.389. The number of nitrogens with one attached hydrogen (secondary N) is 1. The molecule has 28 heavy (non-hydrogen) atoms. The van der Waals surface area contributed by atoms with Crippen molar-refractivity contribution in [1.29, 1.82) is 0 Å². The first-order valence-electron chi connectivity index (χ1n) is 8.99. The Hall–Kier alpha value is -2.85. The van der Waals surface area contributed by atoms with Crippen molar-refractivity contribution in [2.45, 2.75) is 26.5 Å². The molecule has 1 atom stereocenters. The molecule has 1 amide bonds. The molecule has 0 aromatic carbocycles. The van der Waals surface area contributed by atoms with Gasteiger partial charge in [0.25, 0.3) is 5.91 Å². The number of amides is 1. The predicted octanol–water partition coefficient (Wildman–Crippen LogP) is 1.90. The number of hydrogen-bond acceptors (Lipinski definition) is 8. The summed E-state index contributed by atoms with van der Waals surface area (Å²) in [5.74, 6) is 0.578. The maximum atomic E-state index is 12.2. The maximum absolute atomic E-state index is 12.2. The van der Waals surface area contributed by atoms with Gasteiger partial charge >= 0.3 is 0 Å². The minimum absolute atomic E-state index is 0.0360. The number of nitrogens with zero attached hydrogens (tertiary/aromatic N) is 6. The van der Waals surface area contributed by atoms with Gasteiger partial charge in [0.1, 0.15) is 11.3 Å². The Balaban J connectivity index is 1.39. The number of aromatic nitrogens is 5. The fourth-order valence-electron chi connectivity index (χ4n) is 3.19. The van der Waals surface area contributed by atoms with Gasteiger partial charge in [0.05, 0.1) is 30.5 Å². The minimum atomic E-state index is -0.250. The van der Waals surface area contributed by atoms with E-state index < -0.39 is 0 Å². The first kappa shape index (κ1) is 18.5. The van der Waals surface area contributed by atoms with Gasteiger partial charge in [0.15, 0.2) is 0 Å². The molecular formula is C18H21N7O2S. The van der Waals surface area contributed by atoms with E-state index in [-0.39, 0.29) is 12.0 Å². The van der Waals surface area contributed by atoms with Gasteiger partial charge in [-0.3, -0.25) is 14.8 Å². The van der Waals surface area contributed by atoms with Crippen LogP contribution >= 0.6 is 11.3 Å². The standard InChI is InChI=1S/C18H21N7O2S/c1-12-7-13(2)25(23-12)10-15-9-24(5-6-27-15)16-4-3-14(8-19-16)17(26)21-18-22-20-11-28-18/h3-4,7-8,11,15H,5-6,9-10H2,1-2H3,(H,21,22,26). The van der Waals surface area contributed by atoms with Crippen LogP contribution in [0.1, 0.15) is 21.7 Å². The average molecular weight is 399 g/mol. The lowest BCUT2D eigenvalue weighted by molar-refractivity contribution is 0.0267. The summed E-state index contributed by atoms with van der Waals surface area (Å²) in [6.45, 7) is 6.86. The SMILES string of the molecule is Cc1cc(C)n(CC2CN(c3ccc(C(=O)Nc4nncs4)cn3)CCO2)n1. The number of aryl methyl sites for hydroxylation is 2. The highest BCUT2D eigenvalue weighted by atomic mass is 32.1. The minimum Gasteiger partial charge on any atom is -0.373 e. The molecular weight excluding hydrogens is 378 g/mol. The van der Waals surface area contributed by atoms with Crippen LogP contribution < -0.4 is 10.2 Å². The summed E-state index contributed by atoms with van der Waals surface area (Å²) in [6, 6.07) is 5.69. The molecule has 4 heterocycles. The van der Waals surface area contributed by atoms with Gasteiger partial charge in [-0.05, 0) is 32.0 Å². The summed E-state index contributed by atoms with van der Waals surface area (Å²) in [5.41, 5.74) is 4.18. The van der Waals surface area contributed by atoms with Crippen molar-refractivity contribution in [2.24, 2.45) is 0 Å². The van der Waals surface area contributed by atoms with E-state index in [1.165, 1.54) is 11.3 Å². The van der Waals surface area contributed by atoms with Crippen molar-refractivity contribution in [3.8, 4) is 0 Å². The van der Waals surface area contributed by atoms with E-state index in [9.17, 15) is 4.79 Å². The number of carbonyl (C=O) groups excluding carboxylic acids is 1. The Morgan fingerprint density at radius 2 is 2.29 bits per heavy atom. The van der Waals surface area contributed by atoms with Crippen LogP contribution in [0.15, 0.2) is 29.9 Å². The Labute approximate surface area is 166 Å². The van der Waals surface area contributed by atoms with E-state index in [2.05, 4.69) is 36.6 Å². The third-order valence-corrected chi connectivity index (χ3v) is 5.14. The molecule has 146 valence electrons. The second kappa shape index (κ2) is 8.03. The molecule has 1 N–H and O–H groups in total. The molecule has 1 aliphatic rings. The molecule has 9 nitrogen and oxygen atoms in total. The molecule has 0 bridgehead atoms. The van der Waals surface area contributed by atoms with Crippen LogP contribution in [0.3, 0.4) is 0 Å². The van der Waals surface area contributed by atoms with Crippen LogP contribution in [0, 0.1) is 13.8 Å². The Morgan fingerprint density at radius 1 is 1.39 bits per heavy atom. The first-order valence-corrected chi connectivity index (χ1v) is 9.87. The lowest BCUT2D eigenvalue weighted by Crippen LogP contribution is -2.44. The molecule has 0 saturated carbocycles. The zero-order valence-corrected chi connectivity index (χ0v) is 16.5. The molecule has 10 heteroatoms. The van der Waals surface area contributed by atoms with Crippen LogP contribution in [-0.2, 0) is 11.3 Å². The van der Waals surface area contributed by atoms with E-state index in [4.69, 9.17) is 4.74 Å². The highest BCUT2D eigenvalue weighted by Crippen LogP contribution is 2.18. The third kappa shape index (κ3) is 4.18. The molecule has 4 rings (SSSR count). The second-order valence-electron chi connectivity index (χ2n) is 6.65. The Morgan fingerprint density at radius 3 is 2.96 bits per heavy atom. The predicted molar refractivity (Wildman–Crippen MR) is 106 cm³/mol. The maximum Gasteiger partial charge on any atom is 0.259 e. The number of anilines is 2. The molecule has 1 aliphatic heterocycles. The molecule has 1 saturated heterocycles. The van der Waals surface area contributed by atoms with Gasteiger partial charge in [0.2, 0.25) is 5.13 Å². The summed E-state index contributed by atoms with van der Waals surface area (Å²) in [4.78, 5) is 18.9. The molecule has 1 unspecified atom stereocenters. The van der Waals surface area contributed by atoms with Crippen molar-refractivity contribution in [2.75, 3.05) is 29.9 Å². The van der Waals surface area contributed by atoms with Gasteiger partial charge in [-0.1, -0.05) is 11.3 Å². The van der Waals surface area contributed by atoms with Gasteiger partial charge < -0.3 is 9.64 Å². The Kier molecular flexibility index (Phi) is 5.31. The van der Waals surface area contributed by atoms with Crippen molar-refractivity contribution in [3.05, 3.63) is 46.9 Å². The van der Waals surface area contributed by atoms with Crippen molar-refractivity contribution >= 4 is 28.2 Å². The van der Waals surface area contributed by atoms with Gasteiger partial charge in [-0.2, -0.15) is 5.10 Å². The van der Waals surface area contributed by atoms with Crippen molar-refractivity contribution in [1.82, 2.24) is 25.0 Å². The normalized spacial score (nSPS) is 16.9. The number of hydrogen-bond donors (Lipinski definition) is 1. The van der Waals surface area contributed by atoms with E-state index in [0.717, 1.165) is 30.3 Å². The third-order valence-electron chi connectivity index (χ3n) is 4.53. The number of morpholine rings is 1. The van der Waals surface area contributed by atoms with E-state index in [1.54, 1.807) is 17.8 Å². The summed E-state index contributed by atoms with van der Waals surface area (Å²) in [7, 11) is 0. The topological polar surface area (TPSA) is 98.1 Å². The molecule has 0 spiro atoms. The van der Waals surface area contributed by atoms with Gasteiger partial charge in [-0.15, -0.1) is 10.2 Å². The largest absolute Gasteiger partial charge is 0.373 e. The van der Waals surface area contributed by atoms with E-state index in [1.807, 2.05) is 24.6 Å². The molecule has 0 aliphatic carbocycles. The van der Waals surface area contributed by atoms with Crippen molar-refractivity contribution < 1.29 is 9.53 Å². The molecule has 0 radical (unpaired) electrons. The van der Waals surface area contributed by atoms with Crippen LogP contribution in [0.5, 0.6) is 0 Å². The zero-order chi connectivity index (χ0) is 19.5. The van der Waals surface area contributed by atoms with Crippen LogP contribution in [-0.4, -0.2) is 56.7 Å². The summed E-state index contributed by atoms with van der Waals surface area (Å²) < 4.78 is 7.90. The summed E-state index contributed by atoms with van der Waals surface area (Å²) >= 11 is 1.27. The lowest BCUT2D eigenvalue weighted by Gasteiger charge is -2.33. The fourth-order valence-corrected chi connectivity index (χ4v) is 3.63. The first-order chi connectivity index (χ1) is 13.6. The number of pyridine rings is 1. The van der Waals surface area contributed by atoms with Crippen LogP contribution in [0.2, 0.25) is 0 Å². The van der Waals surface area contributed by atoms with Gasteiger partial charge in [-0.25, -0.2) is 4.98 Å². The monoisotopic (exact) mass is 399 g/mol. The molecule has 3 aromatic rings. The van der Waals surface area contributed by atoms with Gasteiger partial charge in [0, 0.05) is 25.0 Å². The average Bonchev–Trinajstić information content (AvgIpc) is 3.31. The number of carbonyl (C=O) groups is 1. The van der Waals surface area contributed by atoms with E-state index in [0.29, 0.717) is 23.8 Å². The lowest BCUT2D eigenvalue weighted by atomic mass is 10.2. The second-order valence-corrected chi connectivity index (χ2v) is 7.48. The highest BCUT2D eigenvalue weighted by molar-refractivity contribution is 7.13. The van der Waals surface area contributed by atoms with E-state index >= 15 is 0 Å². The summed E-state index contributed by atoms with van der Waals surface area (Å²) in [5, 5.41) is 15.2. The van der Waals surface area contributed by atoms with Crippen LogP contribution in [0.25, 0.3) is 0 Å². The number of rotatable bonds is 5. The number of ether oxygens (including phenoxy) is 1. The zero-order valence-electron chi connectivity index (χ0n) is 15.7. The molecule has 3 aromatic heterocycles. The molecule has 1 fully saturated rings.